The van der Waals surface area contributed by atoms with E-state index < -0.39 is 18.0 Å². The predicted octanol–water partition coefficient (Wildman–Crippen LogP) is 2.28. The van der Waals surface area contributed by atoms with E-state index in [1.54, 1.807) is 0 Å². The number of Topliss-reactive ketones (excluding diaryl/α,β-unsaturated/α-hetero) is 1. The lowest BCUT2D eigenvalue weighted by molar-refractivity contribution is 0.0675. The minimum Gasteiger partial charge on any atom is -0.496 e. The van der Waals surface area contributed by atoms with Crippen molar-refractivity contribution in [3.8, 4) is 5.75 Å². The van der Waals surface area contributed by atoms with Crippen molar-refractivity contribution in [3.05, 3.63) is 29.6 Å². The highest BCUT2D eigenvalue weighted by Crippen LogP contribution is 2.21. The summed E-state index contributed by atoms with van der Waals surface area (Å²) in [6, 6.07) is 2.79. The molecule has 14 heavy (non-hydrogen) atoms. The number of alkyl halides is 2. The van der Waals surface area contributed by atoms with Crippen molar-refractivity contribution in [2.45, 2.75) is 6.43 Å². The van der Waals surface area contributed by atoms with Crippen LogP contribution in [0.3, 0.4) is 0 Å². The van der Waals surface area contributed by atoms with Gasteiger partial charge in [-0.15, -0.1) is 0 Å². The molecule has 0 atom stereocenters. The van der Waals surface area contributed by atoms with Crippen LogP contribution in [0.5, 0.6) is 5.75 Å². The van der Waals surface area contributed by atoms with Gasteiger partial charge < -0.3 is 4.74 Å². The molecule has 76 valence electrons. The Labute approximate surface area is 78.3 Å². The van der Waals surface area contributed by atoms with Crippen LogP contribution in [0, 0.1) is 5.82 Å². The molecule has 0 unspecified atom stereocenters. The molecule has 0 amide bonds. The first-order valence-corrected chi connectivity index (χ1v) is 3.72. The van der Waals surface area contributed by atoms with Gasteiger partial charge >= 0.3 is 6.43 Å². The summed E-state index contributed by atoms with van der Waals surface area (Å²) in [5.74, 6) is -2.20. The lowest BCUT2D eigenvalue weighted by Gasteiger charge is -2.06. The Hall–Kier alpha value is -1.52. The summed E-state index contributed by atoms with van der Waals surface area (Å²) < 4.78 is 41.3. The van der Waals surface area contributed by atoms with Crippen molar-refractivity contribution >= 4 is 5.78 Å². The number of carbonyl (C=O) groups is 1. The van der Waals surface area contributed by atoms with Gasteiger partial charge in [-0.25, -0.2) is 13.2 Å². The monoisotopic (exact) mass is 204 g/mol. The zero-order chi connectivity index (χ0) is 10.7. The fourth-order valence-corrected chi connectivity index (χ4v) is 0.986. The van der Waals surface area contributed by atoms with E-state index in [4.69, 9.17) is 0 Å². The molecule has 1 aromatic rings. The second-order valence-corrected chi connectivity index (χ2v) is 2.51. The van der Waals surface area contributed by atoms with Crippen molar-refractivity contribution in [1.29, 1.82) is 0 Å². The normalized spacial score (nSPS) is 10.4. The topological polar surface area (TPSA) is 26.3 Å². The highest BCUT2D eigenvalue weighted by molar-refractivity contribution is 6.00. The van der Waals surface area contributed by atoms with Crippen LogP contribution < -0.4 is 4.74 Å². The van der Waals surface area contributed by atoms with Gasteiger partial charge in [0.2, 0.25) is 5.78 Å². The molecule has 0 spiro atoms. The molecule has 0 N–H and O–H groups in total. The first-order valence-electron chi connectivity index (χ1n) is 3.72. The Morgan fingerprint density at radius 2 is 2.07 bits per heavy atom. The molecule has 0 aromatic heterocycles. The largest absolute Gasteiger partial charge is 0.496 e. The molecular weight excluding hydrogens is 197 g/mol. The van der Waals surface area contributed by atoms with E-state index in [2.05, 4.69) is 4.74 Å². The standard InChI is InChI=1S/C9H7F3O2/c1-14-7-4-5(10)2-3-6(7)8(13)9(11)12/h2-4,9H,1H3. The molecule has 1 aromatic carbocycles. The SMILES string of the molecule is COc1cc(F)ccc1C(=O)C(F)F. The molecule has 0 aliphatic rings. The Balaban J connectivity index is 3.14. The van der Waals surface area contributed by atoms with Crippen LogP contribution in [0.2, 0.25) is 0 Å². The van der Waals surface area contributed by atoms with Crippen LogP contribution in [0.25, 0.3) is 0 Å². The molecule has 0 aliphatic carbocycles. The van der Waals surface area contributed by atoms with E-state index in [1.165, 1.54) is 7.11 Å². The van der Waals surface area contributed by atoms with Crippen LogP contribution in [0.15, 0.2) is 18.2 Å². The highest BCUT2D eigenvalue weighted by atomic mass is 19.3. The third-order valence-electron chi connectivity index (χ3n) is 1.63. The Morgan fingerprint density at radius 1 is 1.43 bits per heavy atom. The Morgan fingerprint density at radius 3 is 2.57 bits per heavy atom. The maximum Gasteiger partial charge on any atom is 0.300 e. The molecule has 0 heterocycles. The van der Waals surface area contributed by atoms with Gasteiger partial charge in [0.1, 0.15) is 11.6 Å². The van der Waals surface area contributed by atoms with Crippen LogP contribution in [-0.4, -0.2) is 19.3 Å². The van der Waals surface area contributed by atoms with Gasteiger partial charge in [0.05, 0.1) is 12.7 Å². The number of ketones is 1. The smallest absolute Gasteiger partial charge is 0.300 e. The molecule has 2 nitrogen and oxygen atoms in total. The number of halogens is 3. The summed E-state index contributed by atoms with van der Waals surface area (Å²) >= 11 is 0. The number of hydrogen-bond donors (Lipinski definition) is 0. The molecule has 0 fully saturated rings. The first-order chi connectivity index (χ1) is 6.56. The molecule has 0 aliphatic heterocycles. The Bertz CT molecular complexity index is 350. The van der Waals surface area contributed by atoms with Crippen molar-refractivity contribution in [3.63, 3.8) is 0 Å². The van der Waals surface area contributed by atoms with Gasteiger partial charge in [-0.1, -0.05) is 0 Å². The third-order valence-corrected chi connectivity index (χ3v) is 1.63. The molecule has 0 bridgehead atoms. The number of carbonyl (C=O) groups excluding carboxylic acids is 1. The third kappa shape index (κ3) is 2.04. The van der Waals surface area contributed by atoms with E-state index in [0.717, 1.165) is 18.2 Å². The maximum atomic E-state index is 12.6. The molecule has 0 radical (unpaired) electrons. The summed E-state index contributed by atoms with van der Waals surface area (Å²) in [5.41, 5.74) is -0.316. The van der Waals surface area contributed by atoms with Gasteiger partial charge in [-0.2, -0.15) is 0 Å². The van der Waals surface area contributed by atoms with Crippen molar-refractivity contribution < 1.29 is 22.7 Å². The molecular formula is C9H7F3O2. The van der Waals surface area contributed by atoms with E-state index >= 15 is 0 Å². The van der Waals surface area contributed by atoms with Crippen molar-refractivity contribution in [2.24, 2.45) is 0 Å². The van der Waals surface area contributed by atoms with Gasteiger partial charge in [0.25, 0.3) is 0 Å². The molecule has 5 heteroatoms. The summed E-state index contributed by atoms with van der Waals surface area (Å²) in [4.78, 5) is 10.9. The lowest BCUT2D eigenvalue weighted by atomic mass is 10.1. The maximum absolute atomic E-state index is 12.6. The van der Waals surface area contributed by atoms with E-state index in [9.17, 15) is 18.0 Å². The van der Waals surface area contributed by atoms with Gasteiger partial charge in [0.15, 0.2) is 0 Å². The zero-order valence-electron chi connectivity index (χ0n) is 7.26. The summed E-state index contributed by atoms with van der Waals surface area (Å²) in [5, 5.41) is 0. The molecule has 1 rings (SSSR count). The van der Waals surface area contributed by atoms with Crippen LogP contribution in [-0.2, 0) is 0 Å². The summed E-state index contributed by atoms with van der Waals surface area (Å²) in [6.45, 7) is 0. The number of methoxy groups -OCH3 is 1. The minimum absolute atomic E-state index is 0.185. The Kier molecular flexibility index (Phi) is 3.11. The lowest BCUT2D eigenvalue weighted by Crippen LogP contribution is -2.11. The number of benzene rings is 1. The molecule has 0 saturated carbocycles. The quantitative estimate of drug-likeness (QED) is 0.706. The van der Waals surface area contributed by atoms with Crippen LogP contribution in [0.1, 0.15) is 10.4 Å². The van der Waals surface area contributed by atoms with Crippen molar-refractivity contribution in [2.75, 3.05) is 7.11 Å². The fourth-order valence-electron chi connectivity index (χ4n) is 0.986. The van der Waals surface area contributed by atoms with Crippen LogP contribution in [0.4, 0.5) is 13.2 Å². The van der Waals surface area contributed by atoms with Gasteiger partial charge in [-0.3, -0.25) is 4.79 Å². The van der Waals surface area contributed by atoms with Gasteiger partial charge in [0, 0.05) is 6.07 Å². The number of ether oxygens (including phenoxy) is 1. The second kappa shape index (κ2) is 4.13. The van der Waals surface area contributed by atoms with E-state index in [0.29, 0.717) is 0 Å². The summed E-state index contributed by atoms with van der Waals surface area (Å²) in [6.07, 6.45) is -3.12. The van der Waals surface area contributed by atoms with Gasteiger partial charge in [-0.05, 0) is 12.1 Å². The van der Waals surface area contributed by atoms with E-state index in [-0.39, 0.29) is 11.3 Å². The van der Waals surface area contributed by atoms with E-state index in [1.807, 2.05) is 0 Å². The minimum atomic E-state index is -3.12. The number of hydrogen-bond acceptors (Lipinski definition) is 2. The second-order valence-electron chi connectivity index (χ2n) is 2.51. The van der Waals surface area contributed by atoms with Crippen LogP contribution >= 0.6 is 0 Å². The average Bonchev–Trinajstić information content (AvgIpc) is 2.16. The zero-order valence-corrected chi connectivity index (χ0v) is 7.26. The number of rotatable bonds is 3. The predicted molar refractivity (Wildman–Crippen MR) is 43.3 cm³/mol. The summed E-state index contributed by atoms with van der Waals surface area (Å²) in [7, 11) is 1.18. The fraction of sp³-hybridized carbons (Fsp3) is 0.222. The first kappa shape index (κ1) is 10.6. The highest BCUT2D eigenvalue weighted by Gasteiger charge is 2.21. The average molecular weight is 204 g/mol. The molecule has 0 saturated heterocycles. The van der Waals surface area contributed by atoms with Crippen molar-refractivity contribution in [1.82, 2.24) is 0 Å².